The van der Waals surface area contributed by atoms with Gasteiger partial charge in [-0.3, -0.25) is 4.79 Å². The van der Waals surface area contributed by atoms with Crippen LogP contribution in [0.2, 0.25) is 0 Å². The van der Waals surface area contributed by atoms with Gasteiger partial charge in [-0.05, 0) is 44.2 Å². The van der Waals surface area contributed by atoms with Crippen LogP contribution in [0.5, 0.6) is 0 Å². The molecule has 2 atom stereocenters. The largest absolute Gasteiger partial charge is 0.393 e. The van der Waals surface area contributed by atoms with E-state index in [2.05, 4.69) is 20.6 Å². The Bertz CT molecular complexity index is 1040. The molecule has 1 fully saturated rings. The molecule has 1 heterocycles. The summed E-state index contributed by atoms with van der Waals surface area (Å²) in [7, 11) is 0. The standard InChI is InChI=1S/C24H28N4O3/c1-15(22(30)16-6-3-2-4-7-16)26-23(31)20-9-5-8-17-14-25-24(28-21(17)20)27-18-10-12-19(29)13-11-18/h2-9,14-15,18-19,22,29-30H,10-13H2,1H3,(H,26,31)(H,25,27,28)/t15-,18?,19?,22-/m1/s1. The maximum Gasteiger partial charge on any atom is 0.253 e. The smallest absolute Gasteiger partial charge is 0.253 e. The molecule has 1 saturated carbocycles. The van der Waals surface area contributed by atoms with Gasteiger partial charge in [0.1, 0.15) is 0 Å². The highest BCUT2D eigenvalue weighted by Crippen LogP contribution is 2.23. The molecule has 4 rings (SSSR count). The Balaban J connectivity index is 1.51. The van der Waals surface area contributed by atoms with Crippen LogP contribution in [-0.2, 0) is 0 Å². The van der Waals surface area contributed by atoms with E-state index in [1.165, 1.54) is 0 Å². The summed E-state index contributed by atoms with van der Waals surface area (Å²) in [5.74, 6) is 0.185. The molecule has 0 spiro atoms. The van der Waals surface area contributed by atoms with E-state index < -0.39 is 12.1 Å². The highest BCUT2D eigenvalue weighted by atomic mass is 16.3. The van der Waals surface area contributed by atoms with Crippen molar-refractivity contribution in [2.24, 2.45) is 0 Å². The van der Waals surface area contributed by atoms with Crippen molar-refractivity contribution >= 4 is 22.8 Å². The molecule has 0 unspecified atom stereocenters. The lowest BCUT2D eigenvalue weighted by Gasteiger charge is -2.26. The normalized spacial score (nSPS) is 20.7. The fraction of sp³-hybridized carbons (Fsp3) is 0.375. The van der Waals surface area contributed by atoms with Crippen molar-refractivity contribution in [1.29, 1.82) is 0 Å². The lowest BCUT2D eigenvalue weighted by molar-refractivity contribution is 0.0853. The van der Waals surface area contributed by atoms with Crippen LogP contribution in [0.3, 0.4) is 0 Å². The van der Waals surface area contributed by atoms with Gasteiger partial charge in [0.25, 0.3) is 5.91 Å². The number of anilines is 1. The molecule has 7 heteroatoms. The third kappa shape index (κ3) is 5.00. The minimum absolute atomic E-state index is 0.211. The molecule has 7 nitrogen and oxygen atoms in total. The number of amides is 1. The third-order valence-corrected chi connectivity index (χ3v) is 5.86. The Morgan fingerprint density at radius 1 is 1.06 bits per heavy atom. The number of para-hydroxylation sites is 1. The van der Waals surface area contributed by atoms with Gasteiger partial charge < -0.3 is 20.8 Å². The number of nitrogens with one attached hydrogen (secondary N) is 2. The van der Waals surface area contributed by atoms with Crippen molar-refractivity contribution in [3.8, 4) is 0 Å². The van der Waals surface area contributed by atoms with Crippen LogP contribution in [0.4, 0.5) is 5.95 Å². The van der Waals surface area contributed by atoms with Gasteiger partial charge in [0.2, 0.25) is 5.95 Å². The minimum Gasteiger partial charge on any atom is -0.393 e. The summed E-state index contributed by atoms with van der Waals surface area (Å²) in [4.78, 5) is 22.0. The molecule has 31 heavy (non-hydrogen) atoms. The number of aliphatic hydroxyl groups excluding tert-OH is 2. The van der Waals surface area contributed by atoms with Crippen molar-refractivity contribution in [1.82, 2.24) is 15.3 Å². The molecule has 1 aliphatic carbocycles. The van der Waals surface area contributed by atoms with Crippen molar-refractivity contribution in [2.75, 3.05) is 5.32 Å². The summed E-state index contributed by atoms with van der Waals surface area (Å²) in [6, 6.07) is 14.4. The van der Waals surface area contributed by atoms with Crippen molar-refractivity contribution < 1.29 is 15.0 Å². The summed E-state index contributed by atoms with van der Waals surface area (Å²) in [6.45, 7) is 1.78. The van der Waals surface area contributed by atoms with Crippen LogP contribution in [-0.4, -0.2) is 44.3 Å². The van der Waals surface area contributed by atoms with Crippen LogP contribution in [0.15, 0.2) is 54.7 Å². The van der Waals surface area contributed by atoms with E-state index in [-0.39, 0.29) is 18.1 Å². The average molecular weight is 421 g/mol. The van der Waals surface area contributed by atoms with Crippen molar-refractivity contribution in [2.45, 2.75) is 56.9 Å². The van der Waals surface area contributed by atoms with Crippen LogP contribution in [0.1, 0.15) is 54.6 Å². The number of hydrogen-bond donors (Lipinski definition) is 4. The molecule has 0 radical (unpaired) electrons. The highest BCUT2D eigenvalue weighted by molar-refractivity contribution is 6.05. The number of rotatable bonds is 6. The molecule has 162 valence electrons. The van der Waals surface area contributed by atoms with Gasteiger partial charge in [-0.15, -0.1) is 0 Å². The first-order valence-electron chi connectivity index (χ1n) is 10.8. The second kappa shape index (κ2) is 9.41. The summed E-state index contributed by atoms with van der Waals surface area (Å²) < 4.78 is 0. The predicted molar refractivity (Wildman–Crippen MR) is 120 cm³/mol. The number of nitrogens with zero attached hydrogens (tertiary/aromatic N) is 2. The van der Waals surface area contributed by atoms with Crippen LogP contribution in [0.25, 0.3) is 10.9 Å². The maximum atomic E-state index is 13.0. The first kappa shape index (κ1) is 21.2. The lowest BCUT2D eigenvalue weighted by Crippen LogP contribution is -2.37. The highest BCUT2D eigenvalue weighted by Gasteiger charge is 2.22. The van der Waals surface area contributed by atoms with Gasteiger partial charge in [0.05, 0.1) is 29.3 Å². The Hall–Kier alpha value is -3.03. The zero-order chi connectivity index (χ0) is 21.8. The molecule has 4 N–H and O–H groups in total. The number of fused-ring (bicyclic) bond motifs is 1. The number of aliphatic hydroxyl groups is 2. The molecular weight excluding hydrogens is 392 g/mol. The monoisotopic (exact) mass is 420 g/mol. The Kier molecular flexibility index (Phi) is 6.44. The van der Waals surface area contributed by atoms with E-state index >= 15 is 0 Å². The van der Waals surface area contributed by atoms with Crippen LogP contribution in [0, 0.1) is 0 Å². The minimum atomic E-state index is -0.811. The second-order valence-electron chi connectivity index (χ2n) is 8.20. The third-order valence-electron chi connectivity index (χ3n) is 5.86. The fourth-order valence-electron chi connectivity index (χ4n) is 4.01. The number of hydrogen-bond acceptors (Lipinski definition) is 6. The summed E-state index contributed by atoms with van der Waals surface area (Å²) in [5, 5.41) is 27.3. The molecule has 1 amide bonds. The quantitative estimate of drug-likeness (QED) is 0.488. The van der Waals surface area contributed by atoms with E-state index in [1.54, 1.807) is 25.3 Å². The molecule has 0 aliphatic heterocycles. The van der Waals surface area contributed by atoms with E-state index in [1.807, 2.05) is 36.4 Å². The Morgan fingerprint density at radius 3 is 2.55 bits per heavy atom. The first-order valence-corrected chi connectivity index (χ1v) is 10.8. The van der Waals surface area contributed by atoms with Gasteiger partial charge in [0.15, 0.2) is 0 Å². The lowest BCUT2D eigenvalue weighted by atomic mass is 9.93. The molecule has 2 aromatic carbocycles. The van der Waals surface area contributed by atoms with Crippen molar-refractivity contribution in [3.63, 3.8) is 0 Å². The van der Waals surface area contributed by atoms with Gasteiger partial charge in [-0.2, -0.15) is 0 Å². The first-order chi connectivity index (χ1) is 15.0. The number of benzene rings is 2. The van der Waals surface area contributed by atoms with E-state index in [4.69, 9.17) is 0 Å². The van der Waals surface area contributed by atoms with Gasteiger partial charge in [-0.25, -0.2) is 9.97 Å². The summed E-state index contributed by atoms with van der Waals surface area (Å²) in [6.07, 6.45) is 3.93. The van der Waals surface area contributed by atoms with Crippen molar-refractivity contribution in [3.05, 3.63) is 65.9 Å². The summed E-state index contributed by atoms with van der Waals surface area (Å²) in [5.41, 5.74) is 1.75. The number of aromatic nitrogens is 2. The molecule has 0 saturated heterocycles. The molecule has 1 aliphatic rings. The van der Waals surface area contributed by atoms with Crippen LogP contribution < -0.4 is 10.6 Å². The second-order valence-corrected chi connectivity index (χ2v) is 8.20. The average Bonchev–Trinajstić information content (AvgIpc) is 2.80. The topological polar surface area (TPSA) is 107 Å². The van der Waals surface area contributed by atoms with Crippen LogP contribution >= 0.6 is 0 Å². The summed E-state index contributed by atoms with van der Waals surface area (Å²) >= 11 is 0. The van der Waals surface area contributed by atoms with Gasteiger partial charge in [-0.1, -0.05) is 42.5 Å². The number of carbonyl (C=O) groups excluding carboxylic acids is 1. The molecule has 3 aromatic rings. The molecular formula is C24H28N4O3. The zero-order valence-electron chi connectivity index (χ0n) is 17.5. The zero-order valence-corrected chi connectivity index (χ0v) is 17.5. The van der Waals surface area contributed by atoms with Gasteiger partial charge in [0, 0.05) is 17.6 Å². The SMILES string of the molecule is C[C@@H](NC(=O)c1cccc2cnc(NC3CCC(O)CC3)nc12)[C@@H](O)c1ccccc1. The van der Waals surface area contributed by atoms with E-state index in [9.17, 15) is 15.0 Å². The molecule has 0 bridgehead atoms. The Labute approximate surface area is 181 Å². The Morgan fingerprint density at radius 2 is 1.81 bits per heavy atom. The fourth-order valence-corrected chi connectivity index (χ4v) is 4.01. The number of carbonyl (C=O) groups is 1. The predicted octanol–water partition coefficient (Wildman–Crippen LogP) is 3.20. The maximum absolute atomic E-state index is 13.0. The van der Waals surface area contributed by atoms with E-state index in [0.29, 0.717) is 17.0 Å². The molecule has 1 aromatic heterocycles. The van der Waals surface area contributed by atoms with E-state index in [0.717, 1.165) is 36.6 Å². The van der Waals surface area contributed by atoms with Gasteiger partial charge >= 0.3 is 0 Å².